The van der Waals surface area contributed by atoms with Crippen LogP contribution in [-0.2, 0) is 20.1 Å². The van der Waals surface area contributed by atoms with Gasteiger partial charge in [-0.3, -0.25) is 4.79 Å². The predicted octanol–water partition coefficient (Wildman–Crippen LogP) is 1.99. The normalized spacial score (nSPS) is 13.4. The first-order valence-corrected chi connectivity index (χ1v) is 6.68. The molecule has 4 nitrogen and oxygen atoms in total. The Morgan fingerprint density at radius 1 is 1.35 bits per heavy atom. The van der Waals surface area contributed by atoms with Crippen LogP contribution in [0.15, 0.2) is 24.3 Å². The summed E-state index contributed by atoms with van der Waals surface area (Å²) in [4.78, 5) is 12.7. The van der Waals surface area contributed by atoms with E-state index in [1.165, 1.54) is 0 Å². The molecule has 0 aliphatic carbocycles. The second-order valence-electron chi connectivity index (χ2n) is 5.16. The predicted molar refractivity (Wildman–Crippen MR) is 75.1 cm³/mol. The van der Waals surface area contributed by atoms with Gasteiger partial charge >= 0.3 is 0 Å². The van der Waals surface area contributed by atoms with Gasteiger partial charge in [0.15, 0.2) is 0 Å². The van der Waals surface area contributed by atoms with Gasteiger partial charge < -0.3 is 14.4 Å². The smallest absolute Gasteiger partial charge is 0.213 e. The second kappa shape index (κ2) is 4.80. The summed E-state index contributed by atoms with van der Waals surface area (Å²) in [6, 6.07) is 7.58. The molecular weight excluding hydrogens is 254 g/mol. The second-order valence-corrected chi connectivity index (χ2v) is 5.16. The van der Waals surface area contributed by atoms with Crippen LogP contribution in [0.3, 0.4) is 0 Å². The number of ether oxygens (including phenoxy) is 1. The third-order valence-corrected chi connectivity index (χ3v) is 3.76. The molecule has 0 saturated heterocycles. The topological polar surface area (TPSA) is 51.5 Å². The molecule has 0 atom stereocenters. The first-order chi connectivity index (χ1) is 9.61. The molecule has 2 aromatic rings. The molecule has 0 fully saturated rings. The number of carbonyl (C=O) groups is 1. The first kappa shape index (κ1) is 12.9. The number of ketones is 1. The van der Waals surface area contributed by atoms with Gasteiger partial charge in [0.05, 0.1) is 11.3 Å². The van der Waals surface area contributed by atoms with E-state index in [1.807, 2.05) is 42.8 Å². The van der Waals surface area contributed by atoms with Crippen molar-refractivity contribution < 1.29 is 14.6 Å². The SMILES string of the molecule is Cc1ccc2c(c1)OCc1cc(CCO)n(C)c1C2=O. The molecule has 1 aliphatic rings. The number of rotatable bonds is 2. The molecule has 1 aromatic heterocycles. The highest BCUT2D eigenvalue weighted by molar-refractivity contribution is 6.11. The Labute approximate surface area is 117 Å². The quantitative estimate of drug-likeness (QED) is 0.908. The zero-order valence-electron chi connectivity index (χ0n) is 11.6. The van der Waals surface area contributed by atoms with E-state index in [1.54, 1.807) is 0 Å². The maximum Gasteiger partial charge on any atom is 0.213 e. The van der Waals surface area contributed by atoms with E-state index in [0.29, 0.717) is 30.0 Å². The van der Waals surface area contributed by atoms with Gasteiger partial charge in [0.25, 0.3) is 0 Å². The van der Waals surface area contributed by atoms with Crippen LogP contribution in [0.4, 0.5) is 0 Å². The largest absolute Gasteiger partial charge is 0.488 e. The lowest BCUT2D eigenvalue weighted by Crippen LogP contribution is -2.10. The van der Waals surface area contributed by atoms with Crippen molar-refractivity contribution in [2.24, 2.45) is 7.05 Å². The summed E-state index contributed by atoms with van der Waals surface area (Å²) in [7, 11) is 1.86. The number of fused-ring (bicyclic) bond motifs is 2. The zero-order valence-corrected chi connectivity index (χ0v) is 11.6. The molecule has 0 saturated carbocycles. The number of aryl methyl sites for hydroxylation is 1. The summed E-state index contributed by atoms with van der Waals surface area (Å²) in [5.74, 6) is 0.633. The van der Waals surface area contributed by atoms with Crippen LogP contribution >= 0.6 is 0 Å². The monoisotopic (exact) mass is 271 g/mol. The average molecular weight is 271 g/mol. The van der Waals surface area contributed by atoms with Crippen LogP contribution in [0.25, 0.3) is 0 Å². The summed E-state index contributed by atoms with van der Waals surface area (Å²) >= 11 is 0. The number of hydrogen-bond acceptors (Lipinski definition) is 3. The minimum atomic E-state index is -0.0146. The van der Waals surface area contributed by atoms with Crippen molar-refractivity contribution in [2.75, 3.05) is 6.61 Å². The Balaban J connectivity index is 2.13. The van der Waals surface area contributed by atoms with Crippen molar-refractivity contribution >= 4 is 5.78 Å². The highest BCUT2D eigenvalue weighted by Gasteiger charge is 2.26. The lowest BCUT2D eigenvalue weighted by atomic mass is 10.0. The lowest BCUT2D eigenvalue weighted by molar-refractivity contribution is 0.103. The maximum absolute atomic E-state index is 12.7. The van der Waals surface area contributed by atoms with Crippen molar-refractivity contribution in [1.29, 1.82) is 0 Å². The molecule has 0 unspecified atom stereocenters. The molecule has 2 heterocycles. The first-order valence-electron chi connectivity index (χ1n) is 6.68. The molecule has 3 rings (SSSR count). The summed E-state index contributed by atoms with van der Waals surface area (Å²) in [6.45, 7) is 2.43. The number of aliphatic hydroxyl groups excluding tert-OH is 1. The van der Waals surface area contributed by atoms with Crippen LogP contribution < -0.4 is 4.74 Å². The van der Waals surface area contributed by atoms with E-state index >= 15 is 0 Å². The van der Waals surface area contributed by atoms with E-state index in [2.05, 4.69) is 0 Å². The molecule has 20 heavy (non-hydrogen) atoms. The van der Waals surface area contributed by atoms with Gasteiger partial charge in [-0.15, -0.1) is 0 Å². The van der Waals surface area contributed by atoms with Gasteiger partial charge in [-0.1, -0.05) is 6.07 Å². The van der Waals surface area contributed by atoms with Crippen molar-refractivity contribution in [3.63, 3.8) is 0 Å². The number of aromatic nitrogens is 1. The Morgan fingerprint density at radius 2 is 2.15 bits per heavy atom. The number of carbonyl (C=O) groups excluding carboxylic acids is 1. The van der Waals surface area contributed by atoms with Gasteiger partial charge in [0.2, 0.25) is 5.78 Å². The van der Waals surface area contributed by atoms with Crippen molar-refractivity contribution in [3.05, 3.63) is 52.3 Å². The van der Waals surface area contributed by atoms with Gasteiger partial charge in [-0.2, -0.15) is 0 Å². The lowest BCUT2D eigenvalue weighted by Gasteiger charge is -2.08. The molecular formula is C16H17NO3. The summed E-state index contributed by atoms with van der Waals surface area (Å²) < 4.78 is 7.64. The number of aliphatic hydroxyl groups is 1. The van der Waals surface area contributed by atoms with E-state index in [-0.39, 0.29) is 12.4 Å². The van der Waals surface area contributed by atoms with Crippen LogP contribution in [0, 0.1) is 6.92 Å². The highest BCUT2D eigenvalue weighted by atomic mass is 16.5. The fourth-order valence-corrected chi connectivity index (χ4v) is 2.71. The fourth-order valence-electron chi connectivity index (χ4n) is 2.71. The minimum Gasteiger partial charge on any atom is -0.488 e. The number of hydrogen-bond donors (Lipinski definition) is 1. The van der Waals surface area contributed by atoms with Crippen LogP contribution in [-0.4, -0.2) is 22.1 Å². The van der Waals surface area contributed by atoms with Crippen molar-refractivity contribution in [2.45, 2.75) is 20.0 Å². The average Bonchev–Trinajstić information content (AvgIpc) is 2.65. The van der Waals surface area contributed by atoms with E-state index in [4.69, 9.17) is 9.84 Å². The summed E-state index contributed by atoms with van der Waals surface area (Å²) in [6.07, 6.45) is 0.539. The molecule has 0 spiro atoms. The molecule has 1 aliphatic heterocycles. The standard InChI is InChI=1S/C16H17NO3/c1-10-3-4-13-14(7-10)20-9-11-8-12(5-6-18)17(2)15(11)16(13)19/h3-4,7-8,18H,5-6,9H2,1-2H3. The molecule has 0 radical (unpaired) electrons. The molecule has 1 aromatic carbocycles. The van der Waals surface area contributed by atoms with E-state index < -0.39 is 0 Å². The molecule has 4 heteroatoms. The van der Waals surface area contributed by atoms with Crippen LogP contribution in [0.2, 0.25) is 0 Å². The maximum atomic E-state index is 12.7. The Morgan fingerprint density at radius 3 is 2.90 bits per heavy atom. The van der Waals surface area contributed by atoms with Gasteiger partial charge in [-0.25, -0.2) is 0 Å². The van der Waals surface area contributed by atoms with Gasteiger partial charge in [0, 0.05) is 31.3 Å². The Bertz CT molecular complexity index is 685. The molecule has 1 N–H and O–H groups in total. The van der Waals surface area contributed by atoms with Crippen molar-refractivity contribution in [1.82, 2.24) is 4.57 Å². The van der Waals surface area contributed by atoms with E-state index in [9.17, 15) is 4.79 Å². The van der Waals surface area contributed by atoms with Gasteiger partial charge in [0.1, 0.15) is 12.4 Å². The minimum absolute atomic E-state index is 0.0146. The number of benzene rings is 1. The third-order valence-electron chi connectivity index (χ3n) is 3.76. The highest BCUT2D eigenvalue weighted by Crippen LogP contribution is 2.30. The Hall–Kier alpha value is -2.07. The third kappa shape index (κ3) is 1.93. The van der Waals surface area contributed by atoms with Crippen molar-refractivity contribution in [3.8, 4) is 5.75 Å². The summed E-state index contributed by atoms with van der Waals surface area (Å²) in [5.41, 5.74) is 4.17. The van der Waals surface area contributed by atoms with E-state index in [0.717, 1.165) is 16.8 Å². The number of nitrogens with zero attached hydrogens (tertiary/aromatic N) is 1. The fraction of sp³-hybridized carbons (Fsp3) is 0.312. The zero-order chi connectivity index (χ0) is 14.3. The van der Waals surface area contributed by atoms with Gasteiger partial charge in [-0.05, 0) is 30.7 Å². The van der Waals surface area contributed by atoms with Crippen LogP contribution in [0.5, 0.6) is 5.75 Å². The Kier molecular flexibility index (Phi) is 3.10. The molecule has 0 bridgehead atoms. The summed E-state index contributed by atoms with van der Waals surface area (Å²) in [5, 5.41) is 9.09. The molecule has 0 amide bonds. The van der Waals surface area contributed by atoms with Crippen LogP contribution in [0.1, 0.15) is 32.9 Å². The molecule has 104 valence electrons.